The molecule has 1 unspecified atom stereocenters. The van der Waals surface area contributed by atoms with Gasteiger partial charge in [0, 0.05) is 25.1 Å². The zero-order valence-electron chi connectivity index (χ0n) is 20.6. The monoisotopic (exact) mass is 503 g/mol. The van der Waals surface area contributed by atoms with Crippen LogP contribution < -0.4 is 4.74 Å². The third-order valence-electron chi connectivity index (χ3n) is 6.05. The summed E-state index contributed by atoms with van der Waals surface area (Å²) in [4.78, 5) is 26.6. The van der Waals surface area contributed by atoms with Crippen LogP contribution in [0, 0.1) is 6.92 Å². The van der Waals surface area contributed by atoms with Crippen molar-refractivity contribution in [2.45, 2.75) is 58.6 Å². The maximum atomic E-state index is 12.6. The number of rotatable bonds is 4. The molecule has 4 rings (SSSR count). The molecule has 2 aromatic carbocycles. The fraction of sp³-hybridized carbons (Fsp3) is 0.407. The van der Waals surface area contributed by atoms with E-state index in [-0.39, 0.29) is 11.8 Å². The van der Waals surface area contributed by atoms with Crippen LogP contribution in [0.25, 0.3) is 5.57 Å². The Bertz CT molecular complexity index is 1210. The largest absolute Gasteiger partial charge is 0.573 e. The molecule has 0 aliphatic carbocycles. The van der Waals surface area contributed by atoms with E-state index in [4.69, 9.17) is 9.47 Å². The van der Waals surface area contributed by atoms with Crippen LogP contribution in [-0.2, 0) is 15.9 Å². The second-order valence-electron chi connectivity index (χ2n) is 9.94. The average molecular weight is 504 g/mol. The number of halogens is 3. The number of benzene rings is 2. The van der Waals surface area contributed by atoms with Gasteiger partial charge in [-0.15, -0.1) is 13.2 Å². The maximum Gasteiger partial charge on any atom is 0.573 e. The van der Waals surface area contributed by atoms with Gasteiger partial charge < -0.3 is 19.1 Å². The summed E-state index contributed by atoms with van der Waals surface area (Å²) in [6.45, 7) is 8.10. The van der Waals surface area contributed by atoms with Gasteiger partial charge in [0.25, 0.3) is 0 Å². The Labute approximate surface area is 207 Å². The summed E-state index contributed by atoms with van der Waals surface area (Å²) in [5.74, 6) is -0.721. The van der Waals surface area contributed by atoms with Crippen molar-refractivity contribution in [3.63, 3.8) is 0 Å². The Morgan fingerprint density at radius 2 is 1.89 bits per heavy atom. The molecular formula is C27H28F3NO5. The maximum absolute atomic E-state index is 12.6. The van der Waals surface area contributed by atoms with E-state index < -0.39 is 24.0 Å². The summed E-state index contributed by atoms with van der Waals surface area (Å²) in [6, 6.07) is 9.72. The molecule has 2 heterocycles. The molecule has 0 saturated carbocycles. The average Bonchev–Trinajstić information content (AvgIpc) is 3.08. The first-order valence-electron chi connectivity index (χ1n) is 11.7. The van der Waals surface area contributed by atoms with Gasteiger partial charge in [0.15, 0.2) is 0 Å². The van der Waals surface area contributed by atoms with Gasteiger partial charge in [-0.25, -0.2) is 9.59 Å². The van der Waals surface area contributed by atoms with Crippen molar-refractivity contribution < 1.29 is 37.0 Å². The fourth-order valence-corrected chi connectivity index (χ4v) is 4.34. The molecule has 0 saturated heterocycles. The van der Waals surface area contributed by atoms with Crippen LogP contribution in [0.15, 0.2) is 42.5 Å². The Kier molecular flexibility index (Phi) is 6.77. The molecular weight excluding hydrogens is 475 g/mol. The number of ether oxygens (including phenoxy) is 3. The van der Waals surface area contributed by atoms with E-state index in [1.54, 1.807) is 24.0 Å². The molecule has 1 amide bonds. The Morgan fingerprint density at radius 1 is 1.14 bits per heavy atom. The van der Waals surface area contributed by atoms with Crippen molar-refractivity contribution in [1.82, 2.24) is 4.90 Å². The van der Waals surface area contributed by atoms with Gasteiger partial charge in [-0.05, 0) is 74.6 Å². The number of cyclic esters (lactones) is 1. The minimum atomic E-state index is -4.76. The summed E-state index contributed by atoms with van der Waals surface area (Å²) < 4.78 is 52.5. The second-order valence-corrected chi connectivity index (χ2v) is 9.94. The highest BCUT2D eigenvalue weighted by Gasteiger charge is 2.33. The third kappa shape index (κ3) is 6.01. The van der Waals surface area contributed by atoms with Crippen LogP contribution in [-0.4, -0.2) is 42.0 Å². The normalized spacial score (nSPS) is 17.9. The molecule has 2 aliphatic heterocycles. The van der Waals surface area contributed by atoms with Crippen LogP contribution in [0.3, 0.4) is 0 Å². The van der Waals surface area contributed by atoms with Crippen LogP contribution in [0.4, 0.5) is 18.0 Å². The molecule has 0 spiro atoms. The highest BCUT2D eigenvalue weighted by molar-refractivity contribution is 5.95. The lowest BCUT2D eigenvalue weighted by atomic mass is 9.92. The van der Waals surface area contributed by atoms with Gasteiger partial charge >= 0.3 is 18.4 Å². The summed E-state index contributed by atoms with van der Waals surface area (Å²) in [5, 5.41) is 0. The summed E-state index contributed by atoms with van der Waals surface area (Å²) >= 11 is 0. The minimum absolute atomic E-state index is 0.289. The standard InChI is InChI=1S/C27H28F3NO5/c1-16-13-20(35-27(28,29)30)7-5-18(16)15-23-21-8-6-19(14-22(21)24(32)34-23)17-9-11-31(12-10-17)25(33)36-26(2,3)4/h5-9,13-14,23H,10-12,15H2,1-4H3. The fourth-order valence-electron chi connectivity index (χ4n) is 4.34. The molecule has 9 heteroatoms. The predicted molar refractivity (Wildman–Crippen MR) is 127 cm³/mol. The van der Waals surface area contributed by atoms with Crippen molar-refractivity contribution in [2.75, 3.05) is 13.1 Å². The molecule has 2 aliphatic rings. The molecule has 0 fully saturated rings. The van der Waals surface area contributed by atoms with Crippen molar-refractivity contribution in [3.8, 4) is 5.75 Å². The SMILES string of the molecule is Cc1cc(OC(F)(F)F)ccc1CC1OC(=O)c2cc(C3=CCN(C(=O)OC(C)(C)C)CC3)ccc21. The van der Waals surface area contributed by atoms with Gasteiger partial charge in [0.05, 0.1) is 5.56 Å². The Balaban J connectivity index is 1.46. The molecule has 36 heavy (non-hydrogen) atoms. The summed E-state index contributed by atoms with van der Waals surface area (Å²) in [7, 11) is 0. The van der Waals surface area contributed by atoms with E-state index in [0.29, 0.717) is 37.1 Å². The van der Waals surface area contributed by atoms with Gasteiger partial charge in [0.1, 0.15) is 17.5 Å². The second kappa shape index (κ2) is 9.52. The number of aryl methyl sites for hydroxylation is 1. The number of fused-ring (bicyclic) bond motifs is 1. The zero-order chi connectivity index (χ0) is 26.3. The van der Waals surface area contributed by atoms with Crippen LogP contribution in [0.2, 0.25) is 0 Å². The lowest BCUT2D eigenvalue weighted by molar-refractivity contribution is -0.274. The first-order chi connectivity index (χ1) is 16.8. The first kappa shape index (κ1) is 25.6. The van der Waals surface area contributed by atoms with Crippen LogP contribution in [0.1, 0.15) is 65.9 Å². The molecule has 0 aromatic heterocycles. The van der Waals surface area contributed by atoms with Gasteiger partial charge in [-0.1, -0.05) is 24.3 Å². The molecule has 192 valence electrons. The van der Waals surface area contributed by atoms with Crippen LogP contribution >= 0.6 is 0 Å². The van der Waals surface area contributed by atoms with Gasteiger partial charge in [-0.2, -0.15) is 0 Å². The summed E-state index contributed by atoms with van der Waals surface area (Å²) in [5.41, 5.74) is 3.95. The molecule has 2 aromatic rings. The van der Waals surface area contributed by atoms with E-state index in [2.05, 4.69) is 4.74 Å². The number of carbonyl (C=O) groups excluding carboxylic acids is 2. The molecule has 1 atom stereocenters. The van der Waals surface area contributed by atoms with Gasteiger partial charge in [-0.3, -0.25) is 0 Å². The van der Waals surface area contributed by atoms with Crippen molar-refractivity contribution in [2.24, 2.45) is 0 Å². The quantitative estimate of drug-likeness (QED) is 0.454. The number of hydrogen-bond donors (Lipinski definition) is 0. The lowest BCUT2D eigenvalue weighted by Crippen LogP contribution is -2.39. The molecule has 0 bridgehead atoms. The number of amides is 1. The van der Waals surface area contributed by atoms with E-state index in [0.717, 1.165) is 22.3 Å². The first-order valence-corrected chi connectivity index (χ1v) is 11.7. The molecule has 0 N–H and O–H groups in total. The van der Waals surface area contributed by atoms with Crippen molar-refractivity contribution in [3.05, 3.63) is 70.3 Å². The summed E-state index contributed by atoms with van der Waals surface area (Å²) in [6.07, 6.45) is -2.72. The van der Waals surface area contributed by atoms with Crippen molar-refractivity contribution >= 4 is 17.6 Å². The molecule has 0 radical (unpaired) electrons. The van der Waals surface area contributed by atoms with E-state index in [1.165, 1.54) is 12.1 Å². The Hall–Kier alpha value is -3.49. The topological polar surface area (TPSA) is 65.1 Å². The number of alkyl halides is 3. The van der Waals surface area contributed by atoms with E-state index in [9.17, 15) is 22.8 Å². The smallest absolute Gasteiger partial charge is 0.454 e. The van der Waals surface area contributed by atoms with Gasteiger partial charge in [0.2, 0.25) is 0 Å². The third-order valence-corrected chi connectivity index (χ3v) is 6.05. The highest BCUT2D eigenvalue weighted by Crippen LogP contribution is 2.37. The van der Waals surface area contributed by atoms with Crippen molar-refractivity contribution in [1.29, 1.82) is 0 Å². The predicted octanol–water partition coefficient (Wildman–Crippen LogP) is 6.37. The molecule has 6 nitrogen and oxygen atoms in total. The number of carbonyl (C=O) groups is 2. The number of nitrogens with zero attached hydrogens (tertiary/aromatic N) is 1. The lowest BCUT2D eigenvalue weighted by Gasteiger charge is -2.29. The number of hydrogen-bond acceptors (Lipinski definition) is 5. The Morgan fingerprint density at radius 3 is 2.50 bits per heavy atom. The minimum Gasteiger partial charge on any atom is -0.454 e. The number of esters is 1. The zero-order valence-corrected chi connectivity index (χ0v) is 20.6. The highest BCUT2D eigenvalue weighted by atomic mass is 19.4. The van der Waals surface area contributed by atoms with E-state index in [1.807, 2.05) is 39.0 Å². The van der Waals surface area contributed by atoms with Crippen LogP contribution in [0.5, 0.6) is 5.75 Å². The van der Waals surface area contributed by atoms with E-state index >= 15 is 0 Å².